The zero-order valence-electron chi connectivity index (χ0n) is 13.3. The fourth-order valence-electron chi connectivity index (χ4n) is 2.10. The molecular formula is C16H19N3O3S. The Kier molecular flexibility index (Phi) is 3.99. The van der Waals surface area contributed by atoms with Crippen molar-refractivity contribution in [2.24, 2.45) is 11.1 Å². The second kappa shape index (κ2) is 5.82. The van der Waals surface area contributed by atoms with Crippen LogP contribution in [0.2, 0.25) is 0 Å². The normalized spacial score (nSPS) is 14.6. The third kappa shape index (κ3) is 3.30. The number of fused-ring (bicyclic) bond motifs is 1. The quantitative estimate of drug-likeness (QED) is 0.902. The van der Waals surface area contributed by atoms with Gasteiger partial charge < -0.3 is 20.5 Å². The lowest BCUT2D eigenvalue weighted by atomic mass is 9.87. The summed E-state index contributed by atoms with van der Waals surface area (Å²) in [6.45, 7) is 6.02. The van der Waals surface area contributed by atoms with E-state index in [1.165, 1.54) is 11.3 Å². The van der Waals surface area contributed by atoms with Gasteiger partial charge in [0.25, 0.3) is 0 Å². The molecule has 23 heavy (non-hydrogen) atoms. The third-order valence-corrected chi connectivity index (χ3v) is 4.38. The van der Waals surface area contributed by atoms with Crippen LogP contribution in [0.5, 0.6) is 11.5 Å². The van der Waals surface area contributed by atoms with Gasteiger partial charge in [0.15, 0.2) is 16.6 Å². The summed E-state index contributed by atoms with van der Waals surface area (Å²) >= 11 is 1.36. The zero-order chi connectivity index (χ0) is 16.6. The molecule has 6 nitrogen and oxygen atoms in total. The summed E-state index contributed by atoms with van der Waals surface area (Å²) < 4.78 is 10.7. The number of nitrogens with zero attached hydrogens (tertiary/aromatic N) is 1. The number of ether oxygens (including phenoxy) is 2. The number of hydrogen-bond acceptors (Lipinski definition) is 6. The maximum absolute atomic E-state index is 12.2. The van der Waals surface area contributed by atoms with Gasteiger partial charge in [0, 0.05) is 10.9 Å². The molecule has 0 bridgehead atoms. The molecule has 0 spiro atoms. The Bertz CT molecular complexity index is 736. The van der Waals surface area contributed by atoms with Gasteiger partial charge in [-0.05, 0) is 23.6 Å². The van der Waals surface area contributed by atoms with Crippen molar-refractivity contribution >= 4 is 22.4 Å². The summed E-state index contributed by atoms with van der Waals surface area (Å²) in [6.07, 6.45) is 0. The molecule has 3 rings (SSSR count). The number of carbonyl (C=O) groups excluding carboxylic acids is 1. The molecule has 0 aliphatic carbocycles. The highest BCUT2D eigenvalue weighted by atomic mass is 32.1. The zero-order valence-corrected chi connectivity index (χ0v) is 14.1. The summed E-state index contributed by atoms with van der Waals surface area (Å²) in [5.41, 5.74) is 7.33. The van der Waals surface area contributed by atoms with Gasteiger partial charge in [0.2, 0.25) is 12.7 Å². The summed E-state index contributed by atoms with van der Waals surface area (Å²) in [6, 6.07) is 5.05. The van der Waals surface area contributed by atoms with Crippen molar-refractivity contribution in [2.75, 3.05) is 12.1 Å². The molecule has 0 unspecified atom stereocenters. The summed E-state index contributed by atoms with van der Waals surface area (Å²) in [7, 11) is 0. The average Bonchev–Trinajstić information content (AvgIpc) is 3.13. The summed E-state index contributed by atoms with van der Waals surface area (Å²) in [5.74, 6) is 1.20. The van der Waals surface area contributed by atoms with Crippen LogP contribution in [-0.4, -0.2) is 23.7 Å². The average molecular weight is 333 g/mol. The number of aromatic nitrogens is 1. The van der Waals surface area contributed by atoms with Gasteiger partial charge in [-0.3, -0.25) is 4.79 Å². The second-order valence-corrected chi connectivity index (χ2v) is 7.30. The van der Waals surface area contributed by atoms with Gasteiger partial charge in [0.05, 0.1) is 11.7 Å². The number of hydrogen-bond donors (Lipinski definition) is 2. The number of amides is 1. The molecule has 2 aromatic rings. The van der Waals surface area contributed by atoms with E-state index in [4.69, 9.17) is 15.2 Å². The molecule has 3 N–H and O–H groups in total. The van der Waals surface area contributed by atoms with Crippen molar-refractivity contribution in [3.63, 3.8) is 0 Å². The molecule has 1 atom stereocenters. The van der Waals surface area contributed by atoms with Crippen LogP contribution in [0.1, 0.15) is 20.8 Å². The molecular weight excluding hydrogens is 314 g/mol. The second-order valence-electron chi connectivity index (χ2n) is 6.44. The fraction of sp³-hybridized carbons (Fsp3) is 0.375. The Morgan fingerprint density at radius 3 is 2.83 bits per heavy atom. The van der Waals surface area contributed by atoms with E-state index >= 15 is 0 Å². The molecule has 2 heterocycles. The van der Waals surface area contributed by atoms with Crippen LogP contribution >= 0.6 is 11.3 Å². The largest absolute Gasteiger partial charge is 0.454 e. The van der Waals surface area contributed by atoms with Crippen LogP contribution in [0.4, 0.5) is 5.13 Å². The number of anilines is 1. The van der Waals surface area contributed by atoms with Crippen molar-refractivity contribution < 1.29 is 14.3 Å². The van der Waals surface area contributed by atoms with E-state index in [0.717, 1.165) is 17.0 Å². The Hall–Kier alpha value is -2.12. The van der Waals surface area contributed by atoms with E-state index in [1.807, 2.05) is 44.4 Å². The van der Waals surface area contributed by atoms with E-state index in [9.17, 15) is 4.79 Å². The lowest BCUT2D eigenvalue weighted by Crippen LogP contribution is -2.45. The van der Waals surface area contributed by atoms with E-state index < -0.39 is 6.04 Å². The van der Waals surface area contributed by atoms with E-state index in [2.05, 4.69) is 10.3 Å². The first-order chi connectivity index (χ1) is 10.8. The lowest BCUT2D eigenvalue weighted by Gasteiger charge is -2.25. The van der Waals surface area contributed by atoms with Crippen molar-refractivity contribution in [2.45, 2.75) is 26.8 Å². The monoisotopic (exact) mass is 333 g/mol. The van der Waals surface area contributed by atoms with Crippen LogP contribution in [0.15, 0.2) is 23.6 Å². The molecule has 1 aliphatic heterocycles. The van der Waals surface area contributed by atoms with Crippen molar-refractivity contribution in [3.05, 3.63) is 23.6 Å². The lowest BCUT2D eigenvalue weighted by molar-refractivity contribution is -0.119. The Morgan fingerprint density at radius 1 is 1.35 bits per heavy atom. The van der Waals surface area contributed by atoms with Gasteiger partial charge in [-0.2, -0.15) is 0 Å². The molecule has 122 valence electrons. The number of nitrogens with one attached hydrogen (secondary N) is 1. The molecule has 1 aliphatic rings. The molecule has 0 fully saturated rings. The predicted octanol–water partition coefficient (Wildman–Crippen LogP) is 2.85. The first-order valence-corrected chi connectivity index (χ1v) is 8.14. The van der Waals surface area contributed by atoms with E-state index in [-0.39, 0.29) is 18.1 Å². The molecule has 0 saturated heterocycles. The minimum absolute atomic E-state index is 0.232. The highest BCUT2D eigenvalue weighted by Crippen LogP contribution is 2.36. The maximum Gasteiger partial charge on any atom is 0.243 e. The smallest absolute Gasteiger partial charge is 0.243 e. The molecule has 0 radical (unpaired) electrons. The summed E-state index contributed by atoms with van der Waals surface area (Å²) in [5, 5.41) is 5.19. The van der Waals surface area contributed by atoms with Gasteiger partial charge in [-0.25, -0.2) is 4.98 Å². The van der Waals surface area contributed by atoms with Crippen LogP contribution in [0.25, 0.3) is 11.3 Å². The SMILES string of the molecule is CC(C)(C)[C@H](N)C(=O)Nc1nc(-c2ccc3c(c2)OCO3)cs1. The molecule has 1 aromatic heterocycles. The van der Waals surface area contributed by atoms with Gasteiger partial charge in [0.1, 0.15) is 0 Å². The summed E-state index contributed by atoms with van der Waals surface area (Å²) in [4.78, 5) is 16.6. The van der Waals surface area contributed by atoms with Crippen molar-refractivity contribution in [1.82, 2.24) is 4.98 Å². The topological polar surface area (TPSA) is 86.5 Å². The number of benzene rings is 1. The first-order valence-electron chi connectivity index (χ1n) is 7.26. The van der Waals surface area contributed by atoms with Gasteiger partial charge >= 0.3 is 0 Å². The number of carbonyl (C=O) groups is 1. The van der Waals surface area contributed by atoms with Gasteiger partial charge in [-0.15, -0.1) is 11.3 Å². The minimum Gasteiger partial charge on any atom is -0.454 e. The third-order valence-electron chi connectivity index (χ3n) is 3.62. The minimum atomic E-state index is -0.597. The molecule has 7 heteroatoms. The van der Waals surface area contributed by atoms with Gasteiger partial charge in [-0.1, -0.05) is 20.8 Å². The highest BCUT2D eigenvalue weighted by Gasteiger charge is 2.28. The first kappa shape index (κ1) is 15.8. The Balaban J connectivity index is 1.75. The van der Waals surface area contributed by atoms with Crippen LogP contribution < -0.4 is 20.5 Å². The van der Waals surface area contributed by atoms with E-state index in [1.54, 1.807) is 0 Å². The number of thiazole rings is 1. The Labute approximate surface area is 138 Å². The maximum atomic E-state index is 12.2. The highest BCUT2D eigenvalue weighted by molar-refractivity contribution is 7.14. The standard InChI is InChI=1S/C16H19N3O3S/c1-16(2,3)13(17)14(20)19-15-18-10(7-23-15)9-4-5-11-12(6-9)22-8-21-11/h4-7,13H,8,17H2,1-3H3,(H,18,19,20)/t13-/m1/s1. The van der Waals surface area contributed by atoms with Crippen molar-refractivity contribution in [1.29, 1.82) is 0 Å². The molecule has 0 saturated carbocycles. The molecule has 1 amide bonds. The van der Waals surface area contributed by atoms with Crippen LogP contribution in [0, 0.1) is 5.41 Å². The number of nitrogens with two attached hydrogens (primary N) is 1. The van der Waals surface area contributed by atoms with E-state index in [0.29, 0.717) is 10.9 Å². The van der Waals surface area contributed by atoms with Crippen LogP contribution in [0.3, 0.4) is 0 Å². The molecule has 1 aromatic carbocycles. The number of rotatable bonds is 3. The fourth-order valence-corrected chi connectivity index (χ4v) is 2.82. The predicted molar refractivity (Wildman–Crippen MR) is 89.7 cm³/mol. The Morgan fingerprint density at radius 2 is 2.09 bits per heavy atom. The van der Waals surface area contributed by atoms with Crippen molar-refractivity contribution in [3.8, 4) is 22.8 Å². The van der Waals surface area contributed by atoms with Crippen LogP contribution in [-0.2, 0) is 4.79 Å².